The van der Waals surface area contributed by atoms with Crippen molar-refractivity contribution in [1.82, 2.24) is 0 Å². The summed E-state index contributed by atoms with van der Waals surface area (Å²) in [5.74, 6) is 0.0410. The molecule has 1 aromatic rings. The number of hydrogen-bond donors (Lipinski definition) is 1. The van der Waals surface area contributed by atoms with E-state index in [1.54, 1.807) is 7.11 Å². The molecule has 0 amide bonds. The fourth-order valence-corrected chi connectivity index (χ4v) is 2.90. The van der Waals surface area contributed by atoms with E-state index >= 15 is 0 Å². The molecular weight excluding hydrogens is 320 g/mol. The topological polar surface area (TPSA) is 46.5 Å². The molecule has 1 N–H and O–H groups in total. The molecule has 0 radical (unpaired) electrons. The zero-order chi connectivity index (χ0) is 15.2. The molecule has 0 aliphatic rings. The number of rotatable bonds is 8. The van der Waals surface area contributed by atoms with Crippen molar-refractivity contribution in [2.75, 3.05) is 7.11 Å². The molecule has 1 aromatic carbocycles. The third-order valence-corrected chi connectivity index (χ3v) is 4.40. The van der Waals surface area contributed by atoms with Crippen molar-refractivity contribution in [3.8, 4) is 5.75 Å². The Balaban J connectivity index is 3.11. The standard InChI is InChI=1S/C16H23BrO3/c1-4-6-9-16(5-2,15(18)19)11-12-10-13(17)7-8-14(12)20-3/h7-8,10H,4-6,9,11H2,1-3H3,(H,18,19). The van der Waals surface area contributed by atoms with Gasteiger partial charge in [0.15, 0.2) is 0 Å². The Morgan fingerprint density at radius 2 is 2.10 bits per heavy atom. The highest BCUT2D eigenvalue weighted by atomic mass is 79.9. The molecule has 0 fully saturated rings. The molecule has 0 aromatic heterocycles. The minimum Gasteiger partial charge on any atom is -0.496 e. The number of unbranched alkanes of at least 4 members (excludes halogenated alkanes) is 1. The van der Waals surface area contributed by atoms with Gasteiger partial charge in [-0.1, -0.05) is 42.6 Å². The first-order chi connectivity index (χ1) is 9.49. The van der Waals surface area contributed by atoms with Gasteiger partial charge in [0.1, 0.15) is 5.75 Å². The Hall–Kier alpha value is -1.03. The Morgan fingerprint density at radius 1 is 1.40 bits per heavy atom. The lowest BCUT2D eigenvalue weighted by atomic mass is 9.75. The van der Waals surface area contributed by atoms with Crippen LogP contribution in [0.3, 0.4) is 0 Å². The number of carboxylic acid groups (broad SMARTS) is 1. The number of ether oxygens (including phenoxy) is 1. The average Bonchev–Trinajstić information content (AvgIpc) is 2.43. The number of carbonyl (C=O) groups is 1. The Kier molecular flexibility index (Phi) is 6.53. The predicted molar refractivity (Wildman–Crippen MR) is 84.3 cm³/mol. The van der Waals surface area contributed by atoms with Gasteiger partial charge in [-0.25, -0.2) is 0 Å². The highest BCUT2D eigenvalue weighted by Gasteiger charge is 2.36. The summed E-state index contributed by atoms with van der Waals surface area (Å²) in [4.78, 5) is 11.8. The fourth-order valence-electron chi connectivity index (χ4n) is 2.49. The maximum absolute atomic E-state index is 11.8. The lowest BCUT2D eigenvalue weighted by Crippen LogP contribution is -2.33. The van der Waals surface area contributed by atoms with Gasteiger partial charge in [0.2, 0.25) is 0 Å². The monoisotopic (exact) mass is 342 g/mol. The molecular formula is C16H23BrO3. The summed E-state index contributed by atoms with van der Waals surface area (Å²) in [7, 11) is 1.62. The zero-order valence-corrected chi connectivity index (χ0v) is 14.0. The predicted octanol–water partition coefficient (Wildman–Crippen LogP) is 4.67. The van der Waals surface area contributed by atoms with Gasteiger partial charge in [-0.05, 0) is 43.0 Å². The van der Waals surface area contributed by atoms with Crippen LogP contribution in [0.15, 0.2) is 22.7 Å². The van der Waals surface area contributed by atoms with Crippen LogP contribution in [0.4, 0.5) is 0 Å². The third-order valence-electron chi connectivity index (χ3n) is 3.91. The Labute approximate surface area is 129 Å². The van der Waals surface area contributed by atoms with Crippen molar-refractivity contribution in [2.24, 2.45) is 5.41 Å². The maximum atomic E-state index is 11.8. The number of halogens is 1. The molecule has 0 bridgehead atoms. The summed E-state index contributed by atoms with van der Waals surface area (Å²) in [6, 6.07) is 5.74. The van der Waals surface area contributed by atoms with Crippen molar-refractivity contribution >= 4 is 21.9 Å². The van der Waals surface area contributed by atoms with Crippen LogP contribution in [0.1, 0.15) is 45.1 Å². The Morgan fingerprint density at radius 3 is 2.60 bits per heavy atom. The second-order valence-electron chi connectivity index (χ2n) is 5.18. The second-order valence-corrected chi connectivity index (χ2v) is 6.09. The van der Waals surface area contributed by atoms with Crippen LogP contribution in [0.5, 0.6) is 5.75 Å². The highest BCUT2D eigenvalue weighted by molar-refractivity contribution is 9.10. The molecule has 0 saturated carbocycles. The number of carboxylic acids is 1. The fraction of sp³-hybridized carbons (Fsp3) is 0.562. The van der Waals surface area contributed by atoms with Crippen LogP contribution >= 0.6 is 15.9 Å². The number of benzene rings is 1. The third kappa shape index (κ3) is 3.98. The first-order valence-corrected chi connectivity index (χ1v) is 7.84. The first kappa shape index (κ1) is 17.0. The molecule has 1 atom stereocenters. The molecule has 1 unspecified atom stereocenters. The van der Waals surface area contributed by atoms with Crippen LogP contribution in [-0.2, 0) is 11.2 Å². The summed E-state index contributed by atoms with van der Waals surface area (Å²) in [5, 5.41) is 9.69. The van der Waals surface area contributed by atoms with E-state index in [2.05, 4.69) is 22.9 Å². The van der Waals surface area contributed by atoms with Gasteiger partial charge < -0.3 is 9.84 Å². The van der Waals surface area contributed by atoms with Gasteiger partial charge in [-0.2, -0.15) is 0 Å². The first-order valence-electron chi connectivity index (χ1n) is 7.05. The van der Waals surface area contributed by atoms with Gasteiger partial charge in [-0.15, -0.1) is 0 Å². The summed E-state index contributed by atoms with van der Waals surface area (Å²) < 4.78 is 6.30. The van der Waals surface area contributed by atoms with Gasteiger partial charge in [0, 0.05) is 4.47 Å². The molecule has 0 aliphatic heterocycles. The summed E-state index contributed by atoms with van der Waals surface area (Å²) >= 11 is 3.44. The maximum Gasteiger partial charge on any atom is 0.309 e. The highest BCUT2D eigenvalue weighted by Crippen LogP contribution is 2.37. The minimum absolute atomic E-state index is 0.501. The molecule has 0 spiro atoms. The summed E-state index contributed by atoms with van der Waals surface area (Å²) in [6.45, 7) is 4.04. The second kappa shape index (κ2) is 7.67. The van der Waals surface area contributed by atoms with E-state index in [0.29, 0.717) is 19.3 Å². The number of aliphatic carboxylic acids is 1. The van der Waals surface area contributed by atoms with E-state index in [4.69, 9.17) is 4.74 Å². The molecule has 3 nitrogen and oxygen atoms in total. The molecule has 0 heterocycles. The van der Waals surface area contributed by atoms with E-state index in [-0.39, 0.29) is 0 Å². The number of methoxy groups -OCH3 is 1. The van der Waals surface area contributed by atoms with E-state index in [1.807, 2.05) is 25.1 Å². The average molecular weight is 343 g/mol. The quantitative estimate of drug-likeness (QED) is 0.746. The van der Waals surface area contributed by atoms with Crippen molar-refractivity contribution in [2.45, 2.75) is 46.0 Å². The van der Waals surface area contributed by atoms with E-state index in [0.717, 1.165) is 28.6 Å². The van der Waals surface area contributed by atoms with Crippen LogP contribution in [-0.4, -0.2) is 18.2 Å². The Bertz CT molecular complexity index is 459. The molecule has 1 rings (SSSR count). The molecule has 0 saturated heterocycles. The zero-order valence-electron chi connectivity index (χ0n) is 12.4. The summed E-state index contributed by atoms with van der Waals surface area (Å²) in [5.41, 5.74) is 0.242. The largest absolute Gasteiger partial charge is 0.496 e. The van der Waals surface area contributed by atoms with Gasteiger partial charge in [-0.3, -0.25) is 4.79 Å². The van der Waals surface area contributed by atoms with Gasteiger partial charge in [0.25, 0.3) is 0 Å². The summed E-state index contributed by atoms with van der Waals surface area (Å²) in [6.07, 6.45) is 3.76. The van der Waals surface area contributed by atoms with Crippen LogP contribution in [0, 0.1) is 5.41 Å². The van der Waals surface area contributed by atoms with E-state index < -0.39 is 11.4 Å². The van der Waals surface area contributed by atoms with Gasteiger partial charge in [0.05, 0.1) is 12.5 Å². The van der Waals surface area contributed by atoms with Gasteiger partial charge >= 0.3 is 5.97 Å². The molecule has 112 valence electrons. The van der Waals surface area contributed by atoms with Crippen LogP contribution < -0.4 is 4.74 Å². The van der Waals surface area contributed by atoms with E-state index in [1.165, 1.54) is 0 Å². The molecule has 4 heteroatoms. The lowest BCUT2D eigenvalue weighted by molar-refractivity contribution is -0.149. The molecule has 0 aliphatic carbocycles. The van der Waals surface area contributed by atoms with E-state index in [9.17, 15) is 9.90 Å². The normalized spacial score (nSPS) is 13.8. The van der Waals surface area contributed by atoms with Crippen molar-refractivity contribution in [1.29, 1.82) is 0 Å². The molecule has 20 heavy (non-hydrogen) atoms. The number of hydrogen-bond acceptors (Lipinski definition) is 2. The smallest absolute Gasteiger partial charge is 0.309 e. The van der Waals surface area contributed by atoms with Crippen LogP contribution in [0.25, 0.3) is 0 Å². The lowest BCUT2D eigenvalue weighted by Gasteiger charge is -2.29. The SMILES string of the molecule is CCCCC(CC)(Cc1cc(Br)ccc1OC)C(=O)O. The van der Waals surface area contributed by atoms with Crippen molar-refractivity contribution in [3.63, 3.8) is 0 Å². The van der Waals surface area contributed by atoms with Crippen LogP contribution in [0.2, 0.25) is 0 Å². The van der Waals surface area contributed by atoms with Crippen molar-refractivity contribution < 1.29 is 14.6 Å². The van der Waals surface area contributed by atoms with Crippen molar-refractivity contribution in [3.05, 3.63) is 28.2 Å². The minimum atomic E-state index is -0.713.